The molecule has 0 aliphatic rings. The molecule has 0 bridgehead atoms. The molecule has 3 nitrogen and oxygen atoms in total. The summed E-state index contributed by atoms with van der Waals surface area (Å²) in [5.41, 5.74) is 4.90. The minimum atomic E-state index is 0.822. The minimum Gasteiger partial charge on any atom is -0.313 e. The lowest BCUT2D eigenvalue weighted by atomic mass is 10.1. The van der Waals surface area contributed by atoms with Gasteiger partial charge in [0.25, 0.3) is 0 Å². The Bertz CT molecular complexity index is 575. The number of aromatic nitrogens is 2. The van der Waals surface area contributed by atoms with Crippen molar-refractivity contribution in [1.29, 1.82) is 0 Å². The van der Waals surface area contributed by atoms with Crippen molar-refractivity contribution in [2.75, 3.05) is 6.54 Å². The van der Waals surface area contributed by atoms with Gasteiger partial charge >= 0.3 is 0 Å². The van der Waals surface area contributed by atoms with Crippen LogP contribution in [0, 0.1) is 13.8 Å². The Morgan fingerprint density at radius 1 is 1.20 bits per heavy atom. The Hall–Kier alpha value is -1.13. The second-order valence-electron chi connectivity index (χ2n) is 5.09. The first-order valence-corrected chi connectivity index (χ1v) is 7.89. The SMILES string of the molecule is CCCNCc1ccccc1Cn1nc(C)c(Br)c1C. The predicted octanol–water partition coefficient (Wildman–Crippen LogP) is 3.81. The van der Waals surface area contributed by atoms with E-state index in [1.807, 2.05) is 6.92 Å². The van der Waals surface area contributed by atoms with Gasteiger partial charge in [-0.25, -0.2) is 0 Å². The van der Waals surface area contributed by atoms with Crippen LogP contribution in [0.3, 0.4) is 0 Å². The lowest BCUT2D eigenvalue weighted by Crippen LogP contribution is -2.16. The van der Waals surface area contributed by atoms with Crippen LogP contribution in [0.25, 0.3) is 0 Å². The van der Waals surface area contributed by atoms with E-state index >= 15 is 0 Å². The highest BCUT2D eigenvalue weighted by Crippen LogP contribution is 2.21. The van der Waals surface area contributed by atoms with Crippen LogP contribution in [0.5, 0.6) is 0 Å². The molecule has 0 aliphatic carbocycles. The number of hydrogen-bond acceptors (Lipinski definition) is 2. The molecule has 0 amide bonds. The molecule has 0 radical (unpaired) electrons. The smallest absolute Gasteiger partial charge is 0.0738 e. The van der Waals surface area contributed by atoms with Crippen LogP contribution in [0.4, 0.5) is 0 Å². The third kappa shape index (κ3) is 3.49. The summed E-state index contributed by atoms with van der Waals surface area (Å²) < 4.78 is 3.18. The van der Waals surface area contributed by atoms with Crippen LogP contribution in [-0.4, -0.2) is 16.3 Å². The third-order valence-corrected chi connectivity index (χ3v) is 4.62. The van der Waals surface area contributed by atoms with Gasteiger partial charge in [0.15, 0.2) is 0 Å². The van der Waals surface area contributed by atoms with Crippen molar-refractivity contribution in [3.8, 4) is 0 Å². The Morgan fingerprint density at radius 3 is 2.50 bits per heavy atom. The van der Waals surface area contributed by atoms with Crippen molar-refractivity contribution in [3.63, 3.8) is 0 Å². The molecule has 2 aromatic rings. The number of benzene rings is 1. The van der Waals surface area contributed by atoms with Crippen molar-refractivity contribution in [2.24, 2.45) is 0 Å². The quantitative estimate of drug-likeness (QED) is 0.813. The Balaban J connectivity index is 2.18. The third-order valence-electron chi connectivity index (χ3n) is 3.47. The molecule has 1 aromatic heterocycles. The van der Waals surface area contributed by atoms with Crippen LogP contribution < -0.4 is 5.32 Å². The fourth-order valence-electron chi connectivity index (χ4n) is 2.27. The first-order chi connectivity index (χ1) is 9.63. The van der Waals surface area contributed by atoms with Crippen LogP contribution in [-0.2, 0) is 13.1 Å². The van der Waals surface area contributed by atoms with Gasteiger partial charge in [-0.05, 0) is 53.9 Å². The van der Waals surface area contributed by atoms with Crippen molar-refractivity contribution in [1.82, 2.24) is 15.1 Å². The standard InChI is InChI=1S/C16H22BrN3/c1-4-9-18-10-14-7-5-6-8-15(14)11-20-13(3)16(17)12(2)19-20/h5-8,18H,4,9-11H2,1-3H3. The van der Waals surface area contributed by atoms with Crippen molar-refractivity contribution >= 4 is 15.9 Å². The molecular weight excluding hydrogens is 314 g/mol. The maximum absolute atomic E-state index is 4.59. The van der Waals surface area contributed by atoms with E-state index in [4.69, 9.17) is 0 Å². The fourth-order valence-corrected chi connectivity index (χ4v) is 2.56. The monoisotopic (exact) mass is 335 g/mol. The summed E-state index contributed by atoms with van der Waals surface area (Å²) >= 11 is 3.59. The van der Waals surface area contributed by atoms with Crippen molar-refractivity contribution in [3.05, 3.63) is 51.3 Å². The normalized spacial score (nSPS) is 11.0. The van der Waals surface area contributed by atoms with Gasteiger partial charge in [0.1, 0.15) is 0 Å². The fraction of sp³-hybridized carbons (Fsp3) is 0.438. The van der Waals surface area contributed by atoms with Gasteiger partial charge in [-0.1, -0.05) is 31.2 Å². The van der Waals surface area contributed by atoms with Gasteiger partial charge in [-0.2, -0.15) is 5.10 Å². The number of nitrogens with one attached hydrogen (secondary N) is 1. The summed E-state index contributed by atoms with van der Waals surface area (Å²) in [6.45, 7) is 9.11. The van der Waals surface area contributed by atoms with E-state index in [1.54, 1.807) is 0 Å². The van der Waals surface area contributed by atoms with Gasteiger partial charge in [0.05, 0.1) is 22.4 Å². The summed E-state index contributed by atoms with van der Waals surface area (Å²) in [5.74, 6) is 0. The molecular formula is C16H22BrN3. The van der Waals surface area contributed by atoms with E-state index < -0.39 is 0 Å². The summed E-state index contributed by atoms with van der Waals surface area (Å²) in [4.78, 5) is 0. The summed E-state index contributed by atoms with van der Waals surface area (Å²) in [5, 5.41) is 8.06. The molecule has 1 aromatic carbocycles. The van der Waals surface area contributed by atoms with Crippen molar-refractivity contribution in [2.45, 2.75) is 40.3 Å². The van der Waals surface area contributed by atoms with Gasteiger partial charge in [-0.15, -0.1) is 0 Å². The molecule has 1 heterocycles. The first kappa shape index (κ1) is 15.3. The van der Waals surface area contributed by atoms with Gasteiger partial charge in [0, 0.05) is 6.54 Å². The largest absolute Gasteiger partial charge is 0.313 e. The molecule has 0 atom stereocenters. The lowest BCUT2D eigenvalue weighted by molar-refractivity contribution is 0.636. The molecule has 4 heteroatoms. The molecule has 2 rings (SSSR count). The molecule has 0 fully saturated rings. The van der Waals surface area contributed by atoms with Crippen LogP contribution in [0.2, 0.25) is 0 Å². The summed E-state index contributed by atoms with van der Waals surface area (Å²) in [7, 11) is 0. The van der Waals surface area contributed by atoms with E-state index in [1.165, 1.54) is 16.8 Å². The van der Waals surface area contributed by atoms with Crippen molar-refractivity contribution < 1.29 is 0 Å². The van der Waals surface area contributed by atoms with E-state index in [0.29, 0.717) is 0 Å². The van der Waals surface area contributed by atoms with E-state index in [0.717, 1.165) is 36.2 Å². The van der Waals surface area contributed by atoms with Crippen LogP contribution in [0.1, 0.15) is 35.9 Å². The van der Waals surface area contributed by atoms with E-state index in [9.17, 15) is 0 Å². The zero-order valence-electron chi connectivity index (χ0n) is 12.4. The Labute approximate surface area is 129 Å². The Morgan fingerprint density at radius 2 is 1.90 bits per heavy atom. The number of halogens is 1. The number of aryl methyl sites for hydroxylation is 1. The second kappa shape index (κ2) is 7.04. The first-order valence-electron chi connectivity index (χ1n) is 7.10. The van der Waals surface area contributed by atoms with E-state index in [-0.39, 0.29) is 0 Å². The minimum absolute atomic E-state index is 0.822. The van der Waals surface area contributed by atoms with Gasteiger partial charge < -0.3 is 5.32 Å². The molecule has 0 unspecified atom stereocenters. The highest BCUT2D eigenvalue weighted by Gasteiger charge is 2.10. The molecule has 108 valence electrons. The zero-order chi connectivity index (χ0) is 14.5. The van der Waals surface area contributed by atoms with Crippen LogP contribution >= 0.6 is 15.9 Å². The molecule has 1 N–H and O–H groups in total. The molecule has 20 heavy (non-hydrogen) atoms. The highest BCUT2D eigenvalue weighted by molar-refractivity contribution is 9.10. The predicted molar refractivity (Wildman–Crippen MR) is 86.9 cm³/mol. The maximum atomic E-state index is 4.59. The average molecular weight is 336 g/mol. The second-order valence-corrected chi connectivity index (χ2v) is 5.88. The number of rotatable bonds is 6. The highest BCUT2D eigenvalue weighted by atomic mass is 79.9. The zero-order valence-corrected chi connectivity index (χ0v) is 14.0. The van der Waals surface area contributed by atoms with Gasteiger partial charge in [0.2, 0.25) is 0 Å². The number of nitrogens with zero attached hydrogens (tertiary/aromatic N) is 2. The van der Waals surface area contributed by atoms with Gasteiger partial charge in [-0.3, -0.25) is 4.68 Å². The van der Waals surface area contributed by atoms with E-state index in [2.05, 4.69) is 69.1 Å². The number of hydrogen-bond donors (Lipinski definition) is 1. The lowest BCUT2D eigenvalue weighted by Gasteiger charge is -2.11. The molecule has 0 saturated carbocycles. The average Bonchev–Trinajstić information content (AvgIpc) is 2.68. The molecule has 0 aliphatic heterocycles. The summed E-state index contributed by atoms with van der Waals surface area (Å²) in [6.07, 6.45) is 1.16. The van der Waals surface area contributed by atoms with Crippen LogP contribution in [0.15, 0.2) is 28.7 Å². The summed E-state index contributed by atoms with van der Waals surface area (Å²) in [6, 6.07) is 8.58. The topological polar surface area (TPSA) is 29.9 Å². The molecule has 0 spiro atoms. The molecule has 0 saturated heterocycles. The Kier molecular flexibility index (Phi) is 5.38. The maximum Gasteiger partial charge on any atom is 0.0738 e.